The molecule has 0 saturated carbocycles. The lowest BCUT2D eigenvalue weighted by atomic mass is 10.1. The topological polar surface area (TPSA) is 0 Å². The summed E-state index contributed by atoms with van der Waals surface area (Å²) in [6.45, 7) is 7.55. The van der Waals surface area contributed by atoms with E-state index < -0.39 is 17.5 Å². The van der Waals surface area contributed by atoms with E-state index in [1.165, 1.54) is 13.8 Å². The third-order valence-corrected chi connectivity index (χ3v) is 1.67. The molecular weight excluding hydrogens is 177 g/mol. The molecule has 0 aliphatic carbocycles. The molecule has 0 atom stereocenters. The van der Waals surface area contributed by atoms with Crippen molar-refractivity contribution in [2.24, 2.45) is 0 Å². The van der Waals surface area contributed by atoms with E-state index in [1.807, 2.05) is 0 Å². The zero-order chi connectivity index (χ0) is 10.6. The number of allylic oxidation sites excluding steroid dienone is 5. The molecule has 0 fully saturated rings. The van der Waals surface area contributed by atoms with Gasteiger partial charge in [-0.1, -0.05) is 13.5 Å². The molecule has 0 amide bonds. The van der Waals surface area contributed by atoms with Crippen molar-refractivity contribution >= 4 is 0 Å². The van der Waals surface area contributed by atoms with Gasteiger partial charge in [-0.05, 0) is 31.4 Å². The lowest BCUT2D eigenvalue weighted by molar-refractivity contribution is 0.492. The van der Waals surface area contributed by atoms with Crippen LogP contribution >= 0.6 is 0 Å². The van der Waals surface area contributed by atoms with Crippen LogP contribution in [0.3, 0.4) is 0 Å². The van der Waals surface area contributed by atoms with Crippen LogP contribution in [0.15, 0.2) is 35.2 Å². The van der Waals surface area contributed by atoms with E-state index in [9.17, 15) is 13.2 Å². The Morgan fingerprint density at radius 1 is 1.00 bits per heavy atom. The highest BCUT2D eigenvalue weighted by molar-refractivity contribution is 5.34. The third kappa shape index (κ3) is 3.09. The van der Waals surface area contributed by atoms with Crippen molar-refractivity contribution in [3.05, 3.63) is 35.2 Å². The standard InChI is InChI=1S/C10H13F3/c1-5-7(4)9(12)10(13)8(11)6(2)3/h2,5H2,1,3-4H3/b9-7-,10-8-. The molecule has 0 rings (SSSR count). The first kappa shape index (κ1) is 12.0. The average Bonchev–Trinajstić information content (AvgIpc) is 2.12. The Labute approximate surface area is 76.5 Å². The molecule has 0 aliphatic rings. The Hall–Kier alpha value is -0.990. The molecule has 0 aromatic heterocycles. The summed E-state index contributed by atoms with van der Waals surface area (Å²) in [7, 11) is 0. The summed E-state index contributed by atoms with van der Waals surface area (Å²) in [5.41, 5.74) is 0.0745. The molecular formula is C10H13F3. The van der Waals surface area contributed by atoms with Crippen molar-refractivity contribution in [1.29, 1.82) is 0 Å². The second kappa shape index (κ2) is 4.90. The van der Waals surface area contributed by atoms with E-state index in [-0.39, 0.29) is 11.1 Å². The molecule has 0 aliphatic heterocycles. The Bertz CT molecular complexity index is 272. The molecule has 13 heavy (non-hydrogen) atoms. The number of hydrogen-bond acceptors (Lipinski definition) is 0. The molecule has 0 unspecified atom stereocenters. The van der Waals surface area contributed by atoms with E-state index in [2.05, 4.69) is 6.58 Å². The highest BCUT2D eigenvalue weighted by atomic mass is 19.2. The normalized spacial score (nSPS) is 14.9. The minimum atomic E-state index is -1.45. The summed E-state index contributed by atoms with van der Waals surface area (Å²) in [6.07, 6.45) is 0.350. The van der Waals surface area contributed by atoms with Gasteiger partial charge in [-0.15, -0.1) is 0 Å². The van der Waals surface area contributed by atoms with Crippen LogP contribution in [0.1, 0.15) is 27.2 Å². The van der Waals surface area contributed by atoms with Gasteiger partial charge in [0.25, 0.3) is 0 Å². The van der Waals surface area contributed by atoms with E-state index in [4.69, 9.17) is 0 Å². The highest BCUT2D eigenvalue weighted by Gasteiger charge is 2.13. The van der Waals surface area contributed by atoms with E-state index in [0.29, 0.717) is 6.42 Å². The van der Waals surface area contributed by atoms with Gasteiger partial charge in [-0.3, -0.25) is 0 Å². The van der Waals surface area contributed by atoms with Crippen molar-refractivity contribution in [3.8, 4) is 0 Å². The predicted octanol–water partition coefficient (Wildman–Crippen LogP) is 4.37. The van der Waals surface area contributed by atoms with Crippen molar-refractivity contribution in [3.63, 3.8) is 0 Å². The van der Waals surface area contributed by atoms with Crippen molar-refractivity contribution < 1.29 is 13.2 Å². The Balaban J connectivity index is 5.10. The largest absolute Gasteiger partial charge is 0.204 e. The monoisotopic (exact) mass is 190 g/mol. The van der Waals surface area contributed by atoms with E-state index in [0.717, 1.165) is 0 Å². The summed E-state index contributed by atoms with van der Waals surface area (Å²) < 4.78 is 38.7. The fourth-order valence-corrected chi connectivity index (χ4v) is 0.626. The van der Waals surface area contributed by atoms with E-state index >= 15 is 0 Å². The first-order chi connectivity index (χ1) is 5.91. The summed E-state index contributed by atoms with van der Waals surface area (Å²) in [4.78, 5) is 0. The molecule has 0 spiro atoms. The Morgan fingerprint density at radius 2 is 1.46 bits per heavy atom. The maximum atomic E-state index is 13.0. The van der Waals surface area contributed by atoms with Gasteiger partial charge in [0, 0.05) is 0 Å². The molecule has 0 nitrogen and oxygen atoms in total. The minimum absolute atomic E-state index is 0.114. The number of hydrogen-bond donors (Lipinski definition) is 0. The highest BCUT2D eigenvalue weighted by Crippen LogP contribution is 2.26. The van der Waals surface area contributed by atoms with Gasteiger partial charge in [0.15, 0.2) is 17.5 Å². The number of halogens is 3. The Kier molecular flexibility index (Phi) is 4.52. The number of rotatable bonds is 3. The van der Waals surface area contributed by atoms with Crippen LogP contribution in [0.2, 0.25) is 0 Å². The Morgan fingerprint density at radius 3 is 1.77 bits per heavy atom. The van der Waals surface area contributed by atoms with Gasteiger partial charge in [0.1, 0.15) is 0 Å². The second-order valence-corrected chi connectivity index (χ2v) is 2.86. The first-order valence-electron chi connectivity index (χ1n) is 3.98. The average molecular weight is 190 g/mol. The van der Waals surface area contributed by atoms with Crippen LogP contribution in [0, 0.1) is 0 Å². The van der Waals surface area contributed by atoms with Crippen LogP contribution in [0.5, 0.6) is 0 Å². The molecule has 0 bridgehead atoms. The van der Waals surface area contributed by atoms with Crippen LogP contribution < -0.4 is 0 Å². The van der Waals surface area contributed by atoms with Gasteiger partial charge in [0.05, 0.1) is 0 Å². The van der Waals surface area contributed by atoms with Crippen molar-refractivity contribution in [1.82, 2.24) is 0 Å². The summed E-state index contributed by atoms with van der Waals surface area (Å²) in [5.74, 6) is -3.79. The van der Waals surface area contributed by atoms with Gasteiger partial charge in [-0.25, -0.2) is 13.2 Å². The molecule has 0 N–H and O–H groups in total. The van der Waals surface area contributed by atoms with Gasteiger partial charge in [-0.2, -0.15) is 0 Å². The third-order valence-electron chi connectivity index (χ3n) is 1.67. The molecule has 0 heterocycles. The van der Waals surface area contributed by atoms with E-state index in [1.54, 1.807) is 6.92 Å². The van der Waals surface area contributed by atoms with Crippen LogP contribution in [-0.2, 0) is 0 Å². The zero-order valence-corrected chi connectivity index (χ0v) is 8.05. The van der Waals surface area contributed by atoms with Gasteiger partial charge in [0.2, 0.25) is 0 Å². The van der Waals surface area contributed by atoms with Gasteiger partial charge >= 0.3 is 0 Å². The molecule has 74 valence electrons. The molecule has 0 saturated heterocycles. The maximum Gasteiger partial charge on any atom is 0.194 e. The predicted molar refractivity (Wildman–Crippen MR) is 48.2 cm³/mol. The SMILES string of the molecule is C=C(C)/C(F)=C(F)\C(F)=C(/C)CC. The second-order valence-electron chi connectivity index (χ2n) is 2.86. The quantitative estimate of drug-likeness (QED) is 0.580. The van der Waals surface area contributed by atoms with Crippen molar-refractivity contribution in [2.45, 2.75) is 27.2 Å². The molecule has 0 aromatic carbocycles. The van der Waals surface area contributed by atoms with Crippen LogP contribution in [-0.4, -0.2) is 0 Å². The minimum Gasteiger partial charge on any atom is -0.204 e. The maximum absolute atomic E-state index is 13.0. The fraction of sp³-hybridized carbons (Fsp3) is 0.400. The van der Waals surface area contributed by atoms with Gasteiger partial charge < -0.3 is 0 Å². The first-order valence-corrected chi connectivity index (χ1v) is 3.98. The molecule has 3 heteroatoms. The summed E-state index contributed by atoms with van der Waals surface area (Å²) in [6, 6.07) is 0. The molecule has 0 aromatic rings. The summed E-state index contributed by atoms with van der Waals surface area (Å²) >= 11 is 0. The van der Waals surface area contributed by atoms with Crippen LogP contribution in [0.25, 0.3) is 0 Å². The zero-order valence-electron chi connectivity index (χ0n) is 8.05. The van der Waals surface area contributed by atoms with Crippen LogP contribution in [0.4, 0.5) is 13.2 Å². The lowest BCUT2D eigenvalue weighted by Crippen LogP contribution is -1.87. The fourth-order valence-electron chi connectivity index (χ4n) is 0.626. The summed E-state index contributed by atoms with van der Waals surface area (Å²) in [5, 5.41) is 0. The smallest absolute Gasteiger partial charge is 0.194 e. The molecule has 0 radical (unpaired) electrons. The lowest BCUT2D eigenvalue weighted by Gasteiger charge is -2.01. The van der Waals surface area contributed by atoms with Crippen molar-refractivity contribution in [2.75, 3.05) is 0 Å².